The van der Waals surface area contributed by atoms with E-state index in [2.05, 4.69) is 0 Å². The van der Waals surface area contributed by atoms with Crippen LogP contribution in [0.1, 0.15) is 34.3 Å². The number of Topliss-reactive ketones (excluding diaryl/α,β-unsaturated/α-hetero) is 1. The summed E-state index contributed by atoms with van der Waals surface area (Å²) < 4.78 is 57.2. The minimum atomic E-state index is -4.70. The van der Waals surface area contributed by atoms with Crippen molar-refractivity contribution in [3.05, 3.63) is 57.9 Å². The van der Waals surface area contributed by atoms with Crippen LogP contribution in [-0.4, -0.2) is 5.78 Å². The van der Waals surface area contributed by atoms with Crippen molar-refractivity contribution in [1.29, 1.82) is 0 Å². The molecule has 126 valence electrons. The third-order valence-corrected chi connectivity index (χ3v) is 4.05. The average Bonchev–Trinajstić information content (AvgIpc) is 2.50. The Labute approximate surface area is 140 Å². The summed E-state index contributed by atoms with van der Waals surface area (Å²) in [6.07, 6.45) is -2.83. The van der Waals surface area contributed by atoms with Gasteiger partial charge in [-0.05, 0) is 48.7 Å². The van der Waals surface area contributed by atoms with Crippen molar-refractivity contribution < 1.29 is 27.1 Å². The van der Waals surface area contributed by atoms with E-state index >= 15 is 0 Å². The van der Waals surface area contributed by atoms with Crippen molar-refractivity contribution >= 4 is 17.4 Å². The van der Waals surface area contributed by atoms with E-state index in [0.29, 0.717) is 37.0 Å². The smallest absolute Gasteiger partial charge is 0.416 e. The first kappa shape index (κ1) is 16.8. The minimum Gasteiger partial charge on any atom is -0.453 e. The van der Waals surface area contributed by atoms with Gasteiger partial charge in [-0.25, -0.2) is 4.39 Å². The van der Waals surface area contributed by atoms with Crippen LogP contribution in [0.2, 0.25) is 5.02 Å². The molecule has 0 saturated carbocycles. The molecule has 0 heterocycles. The molecule has 0 bridgehead atoms. The fraction of sp³-hybridized carbons (Fsp3) is 0.235. The van der Waals surface area contributed by atoms with Gasteiger partial charge in [0.1, 0.15) is 5.75 Å². The van der Waals surface area contributed by atoms with E-state index in [1.807, 2.05) is 0 Å². The van der Waals surface area contributed by atoms with Gasteiger partial charge in [-0.3, -0.25) is 4.79 Å². The lowest BCUT2D eigenvalue weighted by Crippen LogP contribution is -2.10. The van der Waals surface area contributed by atoms with Crippen LogP contribution in [0, 0.1) is 5.82 Å². The molecule has 0 amide bonds. The Morgan fingerprint density at radius 2 is 1.83 bits per heavy atom. The highest BCUT2D eigenvalue weighted by Gasteiger charge is 2.32. The lowest BCUT2D eigenvalue weighted by Gasteiger charge is -2.17. The summed E-state index contributed by atoms with van der Waals surface area (Å²) in [5.74, 6) is -1.44. The van der Waals surface area contributed by atoms with Crippen LogP contribution in [0.3, 0.4) is 0 Å². The Hall–Kier alpha value is -2.08. The van der Waals surface area contributed by atoms with E-state index in [1.54, 1.807) is 12.1 Å². The first-order chi connectivity index (χ1) is 11.3. The van der Waals surface area contributed by atoms with Gasteiger partial charge in [0, 0.05) is 12.0 Å². The molecule has 0 aliphatic heterocycles. The Morgan fingerprint density at radius 1 is 1.08 bits per heavy atom. The van der Waals surface area contributed by atoms with Gasteiger partial charge in [-0.2, -0.15) is 13.2 Å². The van der Waals surface area contributed by atoms with Gasteiger partial charge in [-0.1, -0.05) is 11.6 Å². The predicted octanol–water partition coefficient (Wildman–Crippen LogP) is 5.81. The normalized spacial score (nSPS) is 14.5. The summed E-state index contributed by atoms with van der Waals surface area (Å²) in [4.78, 5) is 11.8. The number of hydrogen-bond donors (Lipinski definition) is 0. The summed E-state index contributed by atoms with van der Waals surface area (Å²) in [5, 5.41) is -0.476. The second-order valence-corrected chi connectivity index (χ2v) is 5.87. The molecule has 2 aromatic rings. The largest absolute Gasteiger partial charge is 0.453 e. The maximum atomic E-state index is 14.0. The number of ketones is 1. The number of aryl methyl sites for hydroxylation is 1. The number of carbonyl (C=O) groups is 1. The third-order valence-electron chi connectivity index (χ3n) is 3.77. The molecular weight excluding hydrogens is 348 g/mol. The first-order valence-corrected chi connectivity index (χ1v) is 7.54. The second kappa shape index (κ2) is 6.09. The summed E-state index contributed by atoms with van der Waals surface area (Å²) >= 11 is 5.74. The zero-order valence-electron chi connectivity index (χ0n) is 12.2. The number of hydrogen-bond acceptors (Lipinski definition) is 2. The van der Waals surface area contributed by atoms with Crippen LogP contribution in [0.15, 0.2) is 30.3 Å². The summed E-state index contributed by atoms with van der Waals surface area (Å²) in [6.45, 7) is 0. The van der Waals surface area contributed by atoms with Gasteiger partial charge >= 0.3 is 6.18 Å². The topological polar surface area (TPSA) is 26.3 Å². The number of rotatable bonds is 2. The van der Waals surface area contributed by atoms with Gasteiger partial charge in [0.25, 0.3) is 0 Å². The van der Waals surface area contributed by atoms with E-state index in [4.69, 9.17) is 16.3 Å². The Bertz CT molecular complexity index is 792. The molecule has 0 atom stereocenters. The van der Waals surface area contributed by atoms with E-state index in [9.17, 15) is 22.4 Å². The highest BCUT2D eigenvalue weighted by atomic mass is 35.5. The molecule has 2 aromatic carbocycles. The first-order valence-electron chi connectivity index (χ1n) is 7.16. The highest BCUT2D eigenvalue weighted by molar-refractivity contribution is 6.32. The maximum Gasteiger partial charge on any atom is 0.416 e. The van der Waals surface area contributed by atoms with Crippen LogP contribution in [0.5, 0.6) is 11.5 Å². The molecule has 0 radical (unpaired) electrons. The average molecular weight is 359 g/mol. The summed E-state index contributed by atoms with van der Waals surface area (Å²) in [7, 11) is 0. The molecular formula is C17H11ClF4O2. The molecule has 0 aromatic heterocycles. The fourth-order valence-electron chi connectivity index (χ4n) is 2.63. The number of fused-ring (bicyclic) bond motifs is 1. The van der Waals surface area contributed by atoms with Crippen molar-refractivity contribution in [2.75, 3.05) is 0 Å². The van der Waals surface area contributed by atoms with E-state index < -0.39 is 28.3 Å². The second-order valence-electron chi connectivity index (χ2n) is 5.46. The molecule has 7 heteroatoms. The number of halogens is 5. The molecule has 2 nitrogen and oxygen atoms in total. The number of carbonyl (C=O) groups excluding carboxylic acids is 1. The predicted molar refractivity (Wildman–Crippen MR) is 80.2 cm³/mol. The van der Waals surface area contributed by atoms with Crippen LogP contribution in [0.4, 0.5) is 17.6 Å². The summed E-state index contributed by atoms with van der Waals surface area (Å²) in [6, 6.07) is 5.57. The number of benzene rings is 2. The fourth-order valence-corrected chi connectivity index (χ4v) is 2.87. The van der Waals surface area contributed by atoms with Crippen LogP contribution in [-0.2, 0) is 12.6 Å². The van der Waals surface area contributed by atoms with Crippen molar-refractivity contribution in [3.8, 4) is 11.5 Å². The van der Waals surface area contributed by atoms with Gasteiger partial charge < -0.3 is 4.74 Å². The van der Waals surface area contributed by atoms with E-state index in [0.717, 1.165) is 5.56 Å². The monoisotopic (exact) mass is 358 g/mol. The number of ether oxygens (including phenoxy) is 1. The lowest BCUT2D eigenvalue weighted by molar-refractivity contribution is -0.137. The van der Waals surface area contributed by atoms with Crippen molar-refractivity contribution in [1.82, 2.24) is 0 Å². The van der Waals surface area contributed by atoms with Gasteiger partial charge in [0.15, 0.2) is 17.3 Å². The lowest BCUT2D eigenvalue weighted by atomic mass is 9.90. The van der Waals surface area contributed by atoms with Crippen LogP contribution in [0.25, 0.3) is 0 Å². The third kappa shape index (κ3) is 3.24. The zero-order valence-corrected chi connectivity index (χ0v) is 13.0. The SMILES string of the molecule is O=C1CCCc2cc(Oc3c(F)cc(C(F)(F)F)cc3Cl)ccc21. The van der Waals surface area contributed by atoms with Crippen molar-refractivity contribution in [2.24, 2.45) is 0 Å². The van der Waals surface area contributed by atoms with E-state index in [1.165, 1.54) is 6.07 Å². The molecule has 1 aliphatic rings. The number of alkyl halides is 3. The molecule has 1 aliphatic carbocycles. The van der Waals surface area contributed by atoms with E-state index in [-0.39, 0.29) is 11.5 Å². The molecule has 0 unspecified atom stereocenters. The highest BCUT2D eigenvalue weighted by Crippen LogP contribution is 2.39. The minimum absolute atomic E-state index is 0.0292. The summed E-state index contributed by atoms with van der Waals surface area (Å²) in [5.41, 5.74) is 0.174. The van der Waals surface area contributed by atoms with Crippen LogP contribution < -0.4 is 4.74 Å². The molecule has 0 N–H and O–H groups in total. The van der Waals surface area contributed by atoms with Crippen molar-refractivity contribution in [2.45, 2.75) is 25.4 Å². The standard InChI is InChI=1S/C17H11ClF4O2/c18-13-7-10(17(20,21)22)8-14(19)16(13)24-11-4-5-12-9(6-11)2-1-3-15(12)23/h4-8H,1-3H2. The zero-order chi connectivity index (χ0) is 17.5. The Morgan fingerprint density at radius 3 is 2.50 bits per heavy atom. The van der Waals surface area contributed by atoms with Gasteiger partial charge in [0.05, 0.1) is 10.6 Å². The maximum absolute atomic E-state index is 14.0. The molecule has 0 saturated heterocycles. The van der Waals surface area contributed by atoms with Gasteiger partial charge in [-0.15, -0.1) is 0 Å². The quantitative estimate of drug-likeness (QED) is 0.633. The molecule has 24 heavy (non-hydrogen) atoms. The van der Waals surface area contributed by atoms with Crippen LogP contribution >= 0.6 is 11.6 Å². The Balaban J connectivity index is 1.93. The molecule has 0 spiro atoms. The molecule has 3 rings (SSSR count). The molecule has 0 fully saturated rings. The Kier molecular flexibility index (Phi) is 4.25. The van der Waals surface area contributed by atoms with Crippen molar-refractivity contribution in [3.63, 3.8) is 0 Å². The van der Waals surface area contributed by atoms with Gasteiger partial charge in [0.2, 0.25) is 0 Å².